The van der Waals surface area contributed by atoms with Crippen LogP contribution in [0.2, 0.25) is 0 Å². The average molecular weight is 324 g/mol. The lowest BCUT2D eigenvalue weighted by molar-refractivity contribution is 0.557. The van der Waals surface area contributed by atoms with Crippen molar-refractivity contribution in [2.24, 2.45) is 14.1 Å². The van der Waals surface area contributed by atoms with Crippen molar-refractivity contribution < 1.29 is 8.42 Å². The molecule has 2 aromatic rings. The molecule has 0 radical (unpaired) electrons. The molecule has 2 aromatic heterocycles. The Morgan fingerprint density at radius 3 is 2.55 bits per heavy atom. The van der Waals surface area contributed by atoms with Crippen molar-refractivity contribution in [2.75, 3.05) is 0 Å². The van der Waals surface area contributed by atoms with E-state index in [1.807, 2.05) is 0 Å². The van der Waals surface area contributed by atoms with E-state index >= 15 is 0 Å². The van der Waals surface area contributed by atoms with Crippen molar-refractivity contribution in [1.29, 1.82) is 0 Å². The van der Waals surface area contributed by atoms with E-state index in [0.717, 1.165) is 15.3 Å². The van der Waals surface area contributed by atoms with Gasteiger partial charge < -0.3 is 4.57 Å². The summed E-state index contributed by atoms with van der Waals surface area (Å²) < 4.78 is 29.0. The number of sulfonamides is 1. The van der Waals surface area contributed by atoms with Gasteiger partial charge in [-0.25, -0.2) is 17.9 Å². The van der Waals surface area contributed by atoms with Crippen LogP contribution in [0, 0.1) is 0 Å². The summed E-state index contributed by atoms with van der Waals surface area (Å²) in [6.45, 7) is 1.64. The number of rotatable bonds is 4. The van der Waals surface area contributed by atoms with Crippen LogP contribution in [0.15, 0.2) is 45.2 Å². The van der Waals surface area contributed by atoms with Crippen LogP contribution in [-0.2, 0) is 24.1 Å². The molecule has 1 N–H and O–H groups in total. The Morgan fingerprint density at radius 2 is 1.95 bits per heavy atom. The van der Waals surface area contributed by atoms with Crippen molar-refractivity contribution in [1.82, 2.24) is 18.8 Å². The molecule has 2 rings (SSSR count). The zero-order valence-electron chi connectivity index (χ0n) is 12.3. The third kappa shape index (κ3) is 3.00. The van der Waals surface area contributed by atoms with Crippen LogP contribution < -0.4 is 16.0 Å². The van der Waals surface area contributed by atoms with Crippen molar-refractivity contribution >= 4 is 10.0 Å². The van der Waals surface area contributed by atoms with Crippen LogP contribution in [0.3, 0.4) is 0 Å². The van der Waals surface area contributed by atoms with Crippen LogP contribution in [0.4, 0.5) is 0 Å². The van der Waals surface area contributed by atoms with Gasteiger partial charge in [0.1, 0.15) is 0 Å². The monoisotopic (exact) mass is 324 g/mol. The van der Waals surface area contributed by atoms with E-state index in [1.54, 1.807) is 25.3 Å². The predicted molar refractivity (Wildman–Crippen MR) is 79.9 cm³/mol. The van der Waals surface area contributed by atoms with Crippen molar-refractivity contribution in [3.8, 4) is 0 Å². The maximum atomic E-state index is 12.4. The highest BCUT2D eigenvalue weighted by Crippen LogP contribution is 2.13. The molecule has 22 heavy (non-hydrogen) atoms. The molecule has 0 aliphatic carbocycles. The first kappa shape index (κ1) is 16.1. The zero-order chi connectivity index (χ0) is 16.5. The molecule has 0 saturated heterocycles. The van der Waals surface area contributed by atoms with Crippen molar-refractivity contribution in [3.05, 3.63) is 57.1 Å². The number of nitrogens with one attached hydrogen (secondary N) is 1. The van der Waals surface area contributed by atoms with Gasteiger partial charge in [0.05, 0.1) is 0 Å². The van der Waals surface area contributed by atoms with Crippen LogP contribution in [0.5, 0.6) is 0 Å². The predicted octanol–water partition coefficient (Wildman–Crippen LogP) is -0.481. The first-order valence-electron chi connectivity index (χ1n) is 6.43. The van der Waals surface area contributed by atoms with E-state index in [-0.39, 0.29) is 0 Å². The molecular formula is C13H16N4O4S. The van der Waals surface area contributed by atoms with Gasteiger partial charge in [0.2, 0.25) is 10.0 Å². The Balaban J connectivity index is 2.44. The molecular weight excluding hydrogens is 308 g/mol. The van der Waals surface area contributed by atoms with Crippen molar-refractivity contribution in [3.63, 3.8) is 0 Å². The molecule has 118 valence electrons. The molecule has 1 atom stereocenters. The molecule has 8 nitrogen and oxygen atoms in total. The number of hydrogen-bond donors (Lipinski definition) is 1. The van der Waals surface area contributed by atoms with E-state index in [2.05, 4.69) is 9.71 Å². The Hall–Kier alpha value is -2.26. The molecule has 0 bridgehead atoms. The molecule has 0 spiro atoms. The summed E-state index contributed by atoms with van der Waals surface area (Å²) in [6.07, 6.45) is 4.13. The molecule has 0 aromatic carbocycles. The molecule has 0 aliphatic heterocycles. The summed E-state index contributed by atoms with van der Waals surface area (Å²) in [4.78, 5) is 27.1. The molecule has 9 heteroatoms. The summed E-state index contributed by atoms with van der Waals surface area (Å²) in [5.41, 5.74) is -0.800. The maximum Gasteiger partial charge on any atom is 0.330 e. The number of aromatic nitrogens is 3. The SMILES string of the molecule is C[C@@H](NS(=O)(=O)c1cn(C)c(=O)n(C)c1=O)c1cccnc1. The molecule has 2 heterocycles. The number of nitrogens with zero attached hydrogens (tertiary/aromatic N) is 3. The lowest BCUT2D eigenvalue weighted by Crippen LogP contribution is -2.41. The van der Waals surface area contributed by atoms with Gasteiger partial charge in [-0.3, -0.25) is 14.3 Å². The molecule has 0 amide bonds. The summed E-state index contributed by atoms with van der Waals surface area (Å²) >= 11 is 0. The van der Waals surface area contributed by atoms with Gasteiger partial charge in [-0.1, -0.05) is 6.07 Å². The highest BCUT2D eigenvalue weighted by Gasteiger charge is 2.23. The van der Waals surface area contributed by atoms with Gasteiger partial charge >= 0.3 is 5.69 Å². The van der Waals surface area contributed by atoms with E-state index in [4.69, 9.17) is 0 Å². The minimum absolute atomic E-state index is 0.479. The topological polar surface area (TPSA) is 103 Å². The second-order valence-corrected chi connectivity index (χ2v) is 6.56. The largest absolute Gasteiger partial charge is 0.330 e. The van der Waals surface area contributed by atoms with Crippen LogP contribution in [0.25, 0.3) is 0 Å². The zero-order valence-corrected chi connectivity index (χ0v) is 13.2. The quantitative estimate of drug-likeness (QED) is 0.818. The van der Waals surface area contributed by atoms with Gasteiger partial charge in [-0.2, -0.15) is 0 Å². The van der Waals surface area contributed by atoms with Gasteiger partial charge in [0.25, 0.3) is 5.56 Å². The lowest BCUT2D eigenvalue weighted by atomic mass is 10.2. The van der Waals surface area contributed by atoms with Crippen LogP contribution >= 0.6 is 0 Å². The van der Waals surface area contributed by atoms with Crippen molar-refractivity contribution in [2.45, 2.75) is 17.9 Å². The van der Waals surface area contributed by atoms with Gasteiger partial charge in [-0.05, 0) is 18.6 Å². The average Bonchev–Trinajstić information content (AvgIpc) is 2.49. The fourth-order valence-electron chi connectivity index (χ4n) is 1.96. The Labute approximate surface area is 127 Å². The summed E-state index contributed by atoms with van der Waals surface area (Å²) in [6, 6.07) is 2.84. The number of aryl methyl sites for hydroxylation is 1. The molecule has 0 aliphatic rings. The lowest BCUT2D eigenvalue weighted by Gasteiger charge is -2.14. The smallest absolute Gasteiger partial charge is 0.302 e. The molecule has 0 unspecified atom stereocenters. The molecule has 0 saturated carbocycles. The van der Waals surface area contributed by atoms with E-state index in [1.165, 1.54) is 20.3 Å². The second-order valence-electron chi connectivity index (χ2n) is 4.88. The third-order valence-corrected chi connectivity index (χ3v) is 4.74. The van der Waals surface area contributed by atoms with Gasteiger partial charge in [-0.15, -0.1) is 0 Å². The second kappa shape index (κ2) is 5.85. The summed E-state index contributed by atoms with van der Waals surface area (Å²) in [7, 11) is -1.46. The Bertz CT molecular complexity index is 900. The van der Waals surface area contributed by atoms with Crippen LogP contribution in [0.1, 0.15) is 18.5 Å². The Morgan fingerprint density at radius 1 is 1.27 bits per heavy atom. The third-order valence-electron chi connectivity index (χ3n) is 3.22. The highest BCUT2D eigenvalue weighted by atomic mass is 32.2. The fourth-order valence-corrected chi connectivity index (χ4v) is 3.35. The molecule has 0 fully saturated rings. The van der Waals surface area contributed by atoms with Crippen LogP contribution in [-0.4, -0.2) is 22.5 Å². The fraction of sp³-hybridized carbons (Fsp3) is 0.308. The van der Waals surface area contributed by atoms with E-state index < -0.39 is 32.2 Å². The summed E-state index contributed by atoms with van der Waals surface area (Å²) in [5, 5.41) is 0. The van der Waals surface area contributed by atoms with Gasteiger partial charge in [0.15, 0.2) is 4.90 Å². The Kier molecular flexibility index (Phi) is 4.29. The number of pyridine rings is 1. The minimum Gasteiger partial charge on any atom is -0.302 e. The minimum atomic E-state index is -4.07. The first-order chi connectivity index (χ1) is 10.2. The summed E-state index contributed by atoms with van der Waals surface area (Å²) in [5.74, 6) is 0. The first-order valence-corrected chi connectivity index (χ1v) is 7.91. The normalized spacial score (nSPS) is 13.0. The number of hydrogen-bond acceptors (Lipinski definition) is 5. The maximum absolute atomic E-state index is 12.4. The van der Waals surface area contributed by atoms with E-state index in [9.17, 15) is 18.0 Å². The van der Waals surface area contributed by atoms with E-state index in [0.29, 0.717) is 5.56 Å². The standard InChI is InChI=1S/C13H16N4O4S/c1-9(10-5-4-6-14-7-10)15-22(20,21)11-8-16(2)13(19)17(3)12(11)18/h4-9,15H,1-3H3/t9-/m1/s1. The highest BCUT2D eigenvalue weighted by molar-refractivity contribution is 7.89. The van der Waals surface area contributed by atoms with Gasteiger partial charge in [0, 0.05) is 38.7 Å².